The van der Waals surface area contributed by atoms with Crippen LogP contribution in [0.25, 0.3) is 11.0 Å². The van der Waals surface area contributed by atoms with E-state index < -0.39 is 0 Å². The number of halogens is 1. The minimum atomic E-state index is -0.354. The normalized spacial score (nSPS) is 10.7. The van der Waals surface area contributed by atoms with Crippen LogP contribution in [0.4, 0.5) is 10.1 Å². The summed E-state index contributed by atoms with van der Waals surface area (Å²) in [5, 5.41) is 3.55. The summed E-state index contributed by atoms with van der Waals surface area (Å²) in [4.78, 5) is 12.1. The Morgan fingerprint density at radius 1 is 1.15 bits per heavy atom. The fourth-order valence-corrected chi connectivity index (χ4v) is 2.05. The SMILES string of the molecule is Cc1cccc2cc(C(=O)Nc3ccc(F)cc3)oc12. The first-order chi connectivity index (χ1) is 9.63. The van der Waals surface area contributed by atoms with Crippen LogP contribution in [0.2, 0.25) is 0 Å². The van der Waals surface area contributed by atoms with E-state index in [0.717, 1.165) is 10.9 Å². The Labute approximate surface area is 115 Å². The fraction of sp³-hybridized carbons (Fsp3) is 0.0625. The molecule has 0 unspecified atom stereocenters. The number of hydrogen-bond donors (Lipinski definition) is 1. The smallest absolute Gasteiger partial charge is 0.291 e. The predicted molar refractivity (Wildman–Crippen MR) is 75.3 cm³/mol. The Balaban J connectivity index is 1.89. The molecule has 1 heterocycles. The van der Waals surface area contributed by atoms with E-state index in [-0.39, 0.29) is 17.5 Å². The number of furan rings is 1. The van der Waals surface area contributed by atoms with E-state index in [9.17, 15) is 9.18 Å². The van der Waals surface area contributed by atoms with Gasteiger partial charge in [-0.2, -0.15) is 0 Å². The van der Waals surface area contributed by atoms with Gasteiger partial charge in [-0.15, -0.1) is 0 Å². The molecule has 20 heavy (non-hydrogen) atoms. The second-order valence-electron chi connectivity index (χ2n) is 4.56. The highest BCUT2D eigenvalue weighted by Crippen LogP contribution is 2.23. The van der Waals surface area contributed by atoms with Gasteiger partial charge >= 0.3 is 0 Å². The molecule has 2 aromatic carbocycles. The Morgan fingerprint density at radius 3 is 2.60 bits per heavy atom. The number of benzene rings is 2. The van der Waals surface area contributed by atoms with Crippen molar-refractivity contribution in [2.75, 3.05) is 5.32 Å². The van der Waals surface area contributed by atoms with Crippen LogP contribution in [0.1, 0.15) is 16.1 Å². The van der Waals surface area contributed by atoms with Gasteiger partial charge in [0.05, 0.1) is 0 Å². The maximum atomic E-state index is 12.8. The Morgan fingerprint density at radius 2 is 1.90 bits per heavy atom. The highest BCUT2D eigenvalue weighted by atomic mass is 19.1. The summed E-state index contributed by atoms with van der Waals surface area (Å²) in [7, 11) is 0. The van der Waals surface area contributed by atoms with E-state index in [1.807, 2.05) is 25.1 Å². The number of rotatable bonds is 2. The second-order valence-corrected chi connectivity index (χ2v) is 4.56. The summed E-state index contributed by atoms with van der Waals surface area (Å²) in [5.74, 6) is -0.465. The molecule has 0 spiro atoms. The van der Waals surface area contributed by atoms with E-state index in [1.54, 1.807) is 6.07 Å². The van der Waals surface area contributed by atoms with Crippen LogP contribution in [-0.4, -0.2) is 5.91 Å². The standard InChI is InChI=1S/C16H12FNO2/c1-10-3-2-4-11-9-14(20-15(10)11)16(19)18-13-7-5-12(17)6-8-13/h2-9H,1H3,(H,18,19). The van der Waals surface area contributed by atoms with Gasteiger partial charge in [0.15, 0.2) is 5.76 Å². The largest absolute Gasteiger partial charge is 0.451 e. The molecule has 100 valence electrons. The lowest BCUT2D eigenvalue weighted by atomic mass is 10.2. The third-order valence-electron chi connectivity index (χ3n) is 3.07. The van der Waals surface area contributed by atoms with E-state index in [2.05, 4.69) is 5.32 Å². The van der Waals surface area contributed by atoms with Crippen molar-refractivity contribution in [3.8, 4) is 0 Å². The highest BCUT2D eigenvalue weighted by Gasteiger charge is 2.13. The molecule has 3 rings (SSSR count). The van der Waals surface area contributed by atoms with Crippen LogP contribution in [-0.2, 0) is 0 Å². The molecule has 3 aromatic rings. The summed E-state index contributed by atoms with van der Waals surface area (Å²) >= 11 is 0. The van der Waals surface area contributed by atoms with Crippen molar-refractivity contribution in [1.82, 2.24) is 0 Å². The molecule has 4 heteroatoms. The van der Waals surface area contributed by atoms with Gasteiger partial charge in [0.25, 0.3) is 5.91 Å². The topological polar surface area (TPSA) is 42.2 Å². The number of carbonyl (C=O) groups excluding carboxylic acids is 1. The molecule has 0 aliphatic rings. The summed E-state index contributed by atoms with van der Waals surface area (Å²) in [6, 6.07) is 13.0. The molecule has 3 nitrogen and oxygen atoms in total. The number of hydrogen-bond acceptors (Lipinski definition) is 2. The zero-order valence-electron chi connectivity index (χ0n) is 10.8. The van der Waals surface area contributed by atoms with E-state index in [4.69, 9.17) is 4.42 Å². The lowest BCUT2D eigenvalue weighted by Crippen LogP contribution is -2.10. The zero-order valence-corrected chi connectivity index (χ0v) is 10.8. The van der Waals surface area contributed by atoms with Crippen LogP contribution < -0.4 is 5.32 Å². The first-order valence-electron chi connectivity index (χ1n) is 6.19. The molecular formula is C16H12FNO2. The average Bonchev–Trinajstić information content (AvgIpc) is 2.87. The summed E-state index contributed by atoms with van der Waals surface area (Å²) in [5.41, 5.74) is 2.20. The van der Waals surface area contributed by atoms with Crippen LogP contribution in [0, 0.1) is 12.7 Å². The summed E-state index contributed by atoms with van der Waals surface area (Å²) in [6.07, 6.45) is 0. The highest BCUT2D eigenvalue weighted by molar-refractivity contribution is 6.04. The average molecular weight is 269 g/mol. The van der Waals surface area contributed by atoms with Gasteiger partial charge in [0.2, 0.25) is 0 Å². The van der Waals surface area contributed by atoms with Crippen molar-refractivity contribution in [2.45, 2.75) is 6.92 Å². The van der Waals surface area contributed by atoms with Crippen LogP contribution in [0.5, 0.6) is 0 Å². The van der Waals surface area contributed by atoms with Crippen LogP contribution >= 0.6 is 0 Å². The maximum absolute atomic E-state index is 12.8. The first-order valence-corrected chi connectivity index (χ1v) is 6.19. The van der Waals surface area contributed by atoms with E-state index in [0.29, 0.717) is 11.3 Å². The van der Waals surface area contributed by atoms with Gasteiger partial charge in [-0.25, -0.2) is 4.39 Å². The molecule has 0 fully saturated rings. The lowest BCUT2D eigenvalue weighted by molar-refractivity contribution is 0.0998. The van der Waals surface area contributed by atoms with Crippen LogP contribution in [0.3, 0.4) is 0 Å². The van der Waals surface area contributed by atoms with Crippen molar-refractivity contribution in [3.63, 3.8) is 0 Å². The summed E-state index contributed by atoms with van der Waals surface area (Å²) < 4.78 is 18.4. The van der Waals surface area contributed by atoms with Gasteiger partial charge < -0.3 is 9.73 Å². The molecule has 0 radical (unpaired) electrons. The molecule has 1 N–H and O–H groups in total. The number of amides is 1. The van der Waals surface area contributed by atoms with Gasteiger partial charge in [0.1, 0.15) is 11.4 Å². The Kier molecular flexibility index (Phi) is 2.99. The molecule has 0 atom stereocenters. The minimum absolute atomic E-state index is 0.235. The van der Waals surface area contributed by atoms with Crippen molar-refractivity contribution in [3.05, 3.63) is 65.7 Å². The molecule has 1 amide bonds. The lowest BCUT2D eigenvalue weighted by Gasteiger charge is -2.02. The number of nitrogens with one attached hydrogen (secondary N) is 1. The molecule has 0 saturated heterocycles. The van der Waals surface area contributed by atoms with Crippen molar-refractivity contribution < 1.29 is 13.6 Å². The minimum Gasteiger partial charge on any atom is -0.451 e. The molecule has 1 aromatic heterocycles. The Bertz CT molecular complexity index is 775. The monoisotopic (exact) mass is 269 g/mol. The van der Waals surface area contributed by atoms with Crippen LogP contribution in [0.15, 0.2) is 52.9 Å². The number of fused-ring (bicyclic) bond motifs is 1. The number of carbonyl (C=O) groups is 1. The molecular weight excluding hydrogens is 257 g/mol. The molecule has 0 aliphatic carbocycles. The maximum Gasteiger partial charge on any atom is 0.291 e. The first kappa shape index (κ1) is 12.4. The number of para-hydroxylation sites is 1. The molecule has 0 saturated carbocycles. The van der Waals surface area contributed by atoms with E-state index >= 15 is 0 Å². The Hall–Kier alpha value is -2.62. The van der Waals surface area contributed by atoms with E-state index in [1.165, 1.54) is 24.3 Å². The van der Waals surface area contributed by atoms with Crippen molar-refractivity contribution in [1.29, 1.82) is 0 Å². The fourth-order valence-electron chi connectivity index (χ4n) is 2.05. The van der Waals surface area contributed by atoms with Gasteiger partial charge in [-0.1, -0.05) is 18.2 Å². The quantitative estimate of drug-likeness (QED) is 0.760. The van der Waals surface area contributed by atoms with Crippen molar-refractivity contribution in [2.24, 2.45) is 0 Å². The van der Waals surface area contributed by atoms with Gasteiger partial charge in [0, 0.05) is 11.1 Å². The molecule has 0 bridgehead atoms. The zero-order chi connectivity index (χ0) is 14.1. The second kappa shape index (κ2) is 4.81. The number of aryl methyl sites for hydroxylation is 1. The van der Waals surface area contributed by atoms with Gasteiger partial charge in [-0.05, 0) is 42.8 Å². The number of anilines is 1. The molecule has 0 aliphatic heterocycles. The third kappa shape index (κ3) is 2.28. The third-order valence-corrected chi connectivity index (χ3v) is 3.07. The predicted octanol–water partition coefficient (Wildman–Crippen LogP) is 4.13. The van der Waals surface area contributed by atoms with Gasteiger partial charge in [-0.3, -0.25) is 4.79 Å². The van der Waals surface area contributed by atoms with Crippen molar-refractivity contribution >= 4 is 22.6 Å². The summed E-state index contributed by atoms with van der Waals surface area (Å²) in [6.45, 7) is 1.92.